The fourth-order valence-electron chi connectivity index (χ4n) is 1.81. The van der Waals surface area contributed by atoms with E-state index in [2.05, 4.69) is 25.4 Å². The average molecular weight is 273 g/mol. The van der Waals surface area contributed by atoms with Crippen LogP contribution in [0.1, 0.15) is 26.7 Å². The van der Waals surface area contributed by atoms with Crippen molar-refractivity contribution in [3.8, 4) is 0 Å². The Bertz CT molecular complexity index is 356. The maximum Gasteiger partial charge on any atom is 0.0575 e. The van der Waals surface area contributed by atoms with Gasteiger partial charge in [0.25, 0.3) is 0 Å². The Balaban J connectivity index is 2.72. The summed E-state index contributed by atoms with van der Waals surface area (Å²) in [5, 5.41) is 4.11. The molecule has 0 amide bonds. The summed E-state index contributed by atoms with van der Waals surface area (Å²) in [5.41, 5.74) is 7.60. The maximum absolute atomic E-state index is 5.92. The standard InChI is InChI=1S/C13H21ClN2S/c1-4-13(5-2,17-3)9-16-12-7-6-10(14)8-11(12)15/h6-8,16H,4-5,9,15H2,1-3H3. The van der Waals surface area contributed by atoms with Gasteiger partial charge in [-0.1, -0.05) is 25.4 Å². The van der Waals surface area contributed by atoms with Crippen molar-refractivity contribution < 1.29 is 0 Å². The summed E-state index contributed by atoms with van der Waals surface area (Å²) in [6.07, 6.45) is 4.45. The molecule has 0 aromatic heterocycles. The van der Waals surface area contributed by atoms with E-state index in [1.807, 2.05) is 23.9 Å². The van der Waals surface area contributed by atoms with Crippen molar-refractivity contribution in [1.29, 1.82) is 0 Å². The first-order valence-electron chi connectivity index (χ1n) is 5.91. The van der Waals surface area contributed by atoms with E-state index in [0.29, 0.717) is 10.7 Å². The molecule has 0 aliphatic carbocycles. The molecule has 0 fully saturated rings. The van der Waals surface area contributed by atoms with Gasteiger partial charge >= 0.3 is 0 Å². The Morgan fingerprint density at radius 1 is 1.35 bits per heavy atom. The molecule has 0 bridgehead atoms. The van der Waals surface area contributed by atoms with Gasteiger partial charge in [-0.05, 0) is 37.3 Å². The minimum absolute atomic E-state index is 0.284. The summed E-state index contributed by atoms with van der Waals surface area (Å²) in [5.74, 6) is 0. The summed E-state index contributed by atoms with van der Waals surface area (Å²) in [7, 11) is 0. The molecule has 2 nitrogen and oxygen atoms in total. The quantitative estimate of drug-likeness (QED) is 0.760. The smallest absolute Gasteiger partial charge is 0.0575 e. The summed E-state index contributed by atoms with van der Waals surface area (Å²) in [4.78, 5) is 0. The van der Waals surface area contributed by atoms with E-state index in [-0.39, 0.29) is 4.75 Å². The zero-order chi connectivity index (χ0) is 12.9. The van der Waals surface area contributed by atoms with Crippen LogP contribution < -0.4 is 11.1 Å². The first kappa shape index (κ1) is 14.5. The number of nitrogens with one attached hydrogen (secondary N) is 1. The highest BCUT2D eigenvalue weighted by Gasteiger charge is 2.24. The molecule has 17 heavy (non-hydrogen) atoms. The molecular formula is C13H21ClN2S. The van der Waals surface area contributed by atoms with Gasteiger partial charge in [0.1, 0.15) is 0 Å². The number of benzene rings is 1. The Morgan fingerprint density at radius 2 is 2.00 bits per heavy atom. The first-order chi connectivity index (χ1) is 8.06. The zero-order valence-electron chi connectivity index (χ0n) is 10.7. The van der Waals surface area contributed by atoms with Gasteiger partial charge in [-0.2, -0.15) is 11.8 Å². The molecule has 1 aromatic rings. The van der Waals surface area contributed by atoms with Crippen molar-refractivity contribution in [2.75, 3.05) is 23.9 Å². The Hall–Kier alpha value is -0.540. The number of anilines is 2. The lowest BCUT2D eigenvalue weighted by Gasteiger charge is -2.30. The molecule has 0 saturated heterocycles. The zero-order valence-corrected chi connectivity index (χ0v) is 12.3. The molecule has 0 unspecified atom stereocenters. The molecule has 0 aliphatic rings. The molecule has 96 valence electrons. The molecule has 1 rings (SSSR count). The number of hydrogen-bond donors (Lipinski definition) is 2. The Kier molecular flexibility index (Phi) is 5.47. The van der Waals surface area contributed by atoms with E-state index in [9.17, 15) is 0 Å². The molecule has 0 atom stereocenters. The monoisotopic (exact) mass is 272 g/mol. The summed E-state index contributed by atoms with van der Waals surface area (Å²) >= 11 is 7.79. The molecule has 0 heterocycles. The van der Waals surface area contributed by atoms with E-state index < -0.39 is 0 Å². The van der Waals surface area contributed by atoms with Gasteiger partial charge in [0.2, 0.25) is 0 Å². The Morgan fingerprint density at radius 3 is 2.47 bits per heavy atom. The fraction of sp³-hybridized carbons (Fsp3) is 0.538. The second-order valence-electron chi connectivity index (χ2n) is 4.18. The van der Waals surface area contributed by atoms with Gasteiger partial charge < -0.3 is 11.1 Å². The molecule has 1 aromatic carbocycles. The van der Waals surface area contributed by atoms with Crippen molar-refractivity contribution in [2.45, 2.75) is 31.4 Å². The van der Waals surface area contributed by atoms with Gasteiger partial charge in [0.15, 0.2) is 0 Å². The van der Waals surface area contributed by atoms with Gasteiger partial charge in [-0.15, -0.1) is 0 Å². The van der Waals surface area contributed by atoms with E-state index in [1.165, 1.54) is 0 Å². The van der Waals surface area contributed by atoms with Crippen LogP contribution >= 0.6 is 23.4 Å². The minimum atomic E-state index is 0.284. The largest absolute Gasteiger partial charge is 0.397 e. The third-order valence-corrected chi connectivity index (χ3v) is 5.16. The first-order valence-corrected chi connectivity index (χ1v) is 7.51. The van der Waals surface area contributed by atoms with E-state index in [0.717, 1.165) is 25.1 Å². The van der Waals surface area contributed by atoms with Gasteiger partial charge in [-0.3, -0.25) is 0 Å². The second kappa shape index (κ2) is 6.41. The van der Waals surface area contributed by atoms with Crippen LogP contribution in [0.4, 0.5) is 11.4 Å². The molecule has 4 heteroatoms. The van der Waals surface area contributed by atoms with Crippen molar-refractivity contribution in [3.63, 3.8) is 0 Å². The lowest BCUT2D eigenvalue weighted by Crippen LogP contribution is -2.32. The van der Waals surface area contributed by atoms with Gasteiger partial charge in [0.05, 0.1) is 11.4 Å². The summed E-state index contributed by atoms with van der Waals surface area (Å²) < 4.78 is 0.284. The fourth-order valence-corrected chi connectivity index (χ4v) is 2.79. The maximum atomic E-state index is 5.92. The van der Waals surface area contributed by atoms with Crippen LogP contribution in [-0.2, 0) is 0 Å². The molecule has 0 spiro atoms. The van der Waals surface area contributed by atoms with E-state index in [4.69, 9.17) is 17.3 Å². The van der Waals surface area contributed by atoms with Crippen molar-refractivity contribution in [2.24, 2.45) is 0 Å². The van der Waals surface area contributed by atoms with Crippen molar-refractivity contribution >= 4 is 34.7 Å². The summed E-state index contributed by atoms with van der Waals surface area (Å²) in [6.45, 7) is 5.38. The normalized spacial score (nSPS) is 11.5. The van der Waals surface area contributed by atoms with Crippen molar-refractivity contribution in [1.82, 2.24) is 0 Å². The van der Waals surface area contributed by atoms with Crippen LogP contribution in [-0.4, -0.2) is 17.5 Å². The highest BCUT2D eigenvalue weighted by Crippen LogP contribution is 2.32. The van der Waals surface area contributed by atoms with E-state index in [1.54, 1.807) is 6.07 Å². The highest BCUT2D eigenvalue weighted by atomic mass is 35.5. The molecule has 0 radical (unpaired) electrons. The van der Waals surface area contributed by atoms with Crippen LogP contribution in [0.5, 0.6) is 0 Å². The molecule has 0 saturated carbocycles. The molecular weight excluding hydrogens is 252 g/mol. The number of nitrogen functional groups attached to an aromatic ring is 1. The predicted octanol–water partition coefficient (Wildman–Crippen LogP) is 4.26. The van der Waals surface area contributed by atoms with Crippen LogP contribution in [0.3, 0.4) is 0 Å². The van der Waals surface area contributed by atoms with E-state index >= 15 is 0 Å². The number of nitrogens with two attached hydrogens (primary N) is 1. The number of halogens is 1. The molecule has 3 N–H and O–H groups in total. The number of hydrogen-bond acceptors (Lipinski definition) is 3. The third kappa shape index (κ3) is 3.71. The minimum Gasteiger partial charge on any atom is -0.397 e. The van der Waals surface area contributed by atoms with Gasteiger partial charge in [0, 0.05) is 16.3 Å². The lowest BCUT2D eigenvalue weighted by molar-refractivity contribution is 0.575. The number of rotatable bonds is 6. The Labute approximate surface area is 113 Å². The van der Waals surface area contributed by atoms with Crippen LogP contribution in [0.2, 0.25) is 5.02 Å². The SMILES string of the molecule is CCC(CC)(CNc1ccc(Cl)cc1N)SC. The lowest BCUT2D eigenvalue weighted by atomic mass is 10.0. The van der Waals surface area contributed by atoms with Crippen LogP contribution in [0, 0.1) is 0 Å². The highest BCUT2D eigenvalue weighted by molar-refractivity contribution is 8.00. The number of thioether (sulfide) groups is 1. The van der Waals surface area contributed by atoms with Crippen LogP contribution in [0.15, 0.2) is 18.2 Å². The van der Waals surface area contributed by atoms with Crippen LogP contribution in [0.25, 0.3) is 0 Å². The predicted molar refractivity (Wildman–Crippen MR) is 81.2 cm³/mol. The van der Waals surface area contributed by atoms with Crippen molar-refractivity contribution in [3.05, 3.63) is 23.2 Å². The summed E-state index contributed by atoms with van der Waals surface area (Å²) in [6, 6.07) is 5.58. The third-order valence-electron chi connectivity index (χ3n) is 3.34. The second-order valence-corrected chi connectivity index (χ2v) is 5.89. The molecule has 0 aliphatic heterocycles. The topological polar surface area (TPSA) is 38.0 Å². The average Bonchev–Trinajstić information content (AvgIpc) is 2.33. The van der Waals surface area contributed by atoms with Gasteiger partial charge in [-0.25, -0.2) is 0 Å².